The highest BCUT2D eigenvalue weighted by atomic mass is 28.3. The minimum Gasteiger partial charge on any atom is -0.445 e. The fourth-order valence-electron chi connectivity index (χ4n) is 5.80. The van der Waals surface area contributed by atoms with E-state index in [4.69, 9.17) is 18.6 Å². The second kappa shape index (κ2) is 13.8. The highest BCUT2D eigenvalue weighted by Crippen LogP contribution is 2.50. The summed E-state index contributed by atoms with van der Waals surface area (Å²) in [6.45, 7) is 20.2. The number of hydrogen-bond donors (Lipinski definition) is 1. The number of carbonyl (C=O) groups is 4. The molecule has 262 valence electrons. The van der Waals surface area contributed by atoms with Gasteiger partial charge < -0.3 is 24.0 Å². The van der Waals surface area contributed by atoms with Crippen molar-refractivity contribution in [3.63, 3.8) is 0 Å². The number of imide groups is 1. The van der Waals surface area contributed by atoms with Gasteiger partial charge in [0.1, 0.15) is 29.6 Å². The molecule has 3 rings (SSSR count). The Morgan fingerprint density at radius 1 is 0.957 bits per heavy atom. The maximum atomic E-state index is 14.0. The van der Waals surface area contributed by atoms with Crippen LogP contribution >= 0.6 is 0 Å². The molecule has 0 bridgehead atoms. The summed E-state index contributed by atoms with van der Waals surface area (Å²) in [5.74, 6) is -1.72. The van der Waals surface area contributed by atoms with Gasteiger partial charge in [0.25, 0.3) is 11.6 Å². The molecule has 2 unspecified atom stereocenters. The average molecular weight is 679 g/mol. The number of carbonyl (C=O) groups excluding carboxylic acids is 4. The van der Waals surface area contributed by atoms with E-state index >= 15 is 0 Å². The molecule has 47 heavy (non-hydrogen) atoms. The number of nitro benzene ring substituents is 1. The van der Waals surface area contributed by atoms with Crippen molar-refractivity contribution in [3.05, 3.63) is 39.9 Å². The molecule has 0 aliphatic carbocycles. The maximum Gasteiger partial charge on any atom is 0.417 e. The van der Waals surface area contributed by atoms with Crippen LogP contribution in [0.15, 0.2) is 24.3 Å². The third-order valence-electron chi connectivity index (χ3n) is 7.97. The second-order valence-corrected chi connectivity index (χ2v) is 17.9. The predicted octanol–water partition coefficient (Wildman–Crippen LogP) is 5.58. The first-order chi connectivity index (χ1) is 21.4. The van der Waals surface area contributed by atoms with Gasteiger partial charge in [0, 0.05) is 25.2 Å². The first kappa shape index (κ1) is 37.7. The summed E-state index contributed by atoms with van der Waals surface area (Å²) in [7, 11) is -1.98. The molecule has 2 aliphatic heterocycles. The van der Waals surface area contributed by atoms with E-state index in [-0.39, 0.29) is 36.7 Å². The average Bonchev–Trinajstić information content (AvgIpc) is 3.44. The van der Waals surface area contributed by atoms with Crippen molar-refractivity contribution < 1.29 is 42.7 Å². The molecule has 2 aliphatic rings. The largest absolute Gasteiger partial charge is 0.445 e. The summed E-state index contributed by atoms with van der Waals surface area (Å²) in [4.78, 5) is 67.5. The van der Waals surface area contributed by atoms with Crippen molar-refractivity contribution in [2.45, 2.75) is 111 Å². The molecule has 1 aromatic carbocycles. The van der Waals surface area contributed by atoms with Gasteiger partial charge in [0.15, 0.2) is 9.04 Å². The fourth-order valence-corrected chi connectivity index (χ4v) is 7.01. The predicted molar refractivity (Wildman–Crippen MR) is 175 cm³/mol. The van der Waals surface area contributed by atoms with Crippen LogP contribution in [0, 0.1) is 27.4 Å². The zero-order valence-corrected chi connectivity index (χ0v) is 30.5. The summed E-state index contributed by atoms with van der Waals surface area (Å²) in [5, 5.41) is 13.6. The Bertz CT molecular complexity index is 1350. The lowest BCUT2D eigenvalue weighted by atomic mass is 9.76. The highest BCUT2D eigenvalue weighted by Gasteiger charge is 2.63. The van der Waals surface area contributed by atoms with Crippen molar-refractivity contribution in [3.8, 4) is 0 Å². The molecule has 15 heteroatoms. The summed E-state index contributed by atoms with van der Waals surface area (Å²) in [6.07, 6.45) is -2.13. The molecule has 4 atom stereocenters. The van der Waals surface area contributed by atoms with Crippen LogP contribution in [0.2, 0.25) is 13.1 Å². The molecule has 2 heterocycles. The summed E-state index contributed by atoms with van der Waals surface area (Å²) < 4.78 is 23.6. The standard InChI is InChI=1S/C32H50N4O10Si/c1-29(2,3)21-16-32(46-47(10)11,35(17-21)28(40)45-31(7,8)9)23-18-34(27(39)44-30(4,5)6)25(37)24(23)33-26(38)43-19-20-12-14-22(15-13-20)36(41)42/h12-15,21,23-24,47H,16-19H2,1-11H3,(H,33,38)/t21-,23?,24?,32-/m0/s1. The Labute approximate surface area is 278 Å². The smallest absolute Gasteiger partial charge is 0.417 e. The van der Waals surface area contributed by atoms with Gasteiger partial charge in [-0.15, -0.1) is 0 Å². The molecule has 0 aromatic heterocycles. The first-order valence-electron chi connectivity index (χ1n) is 15.8. The minimum absolute atomic E-state index is 0.0804. The van der Waals surface area contributed by atoms with Gasteiger partial charge in [-0.2, -0.15) is 0 Å². The zero-order chi connectivity index (χ0) is 35.7. The highest BCUT2D eigenvalue weighted by molar-refractivity contribution is 6.48. The van der Waals surface area contributed by atoms with Crippen LogP contribution in [0.1, 0.15) is 74.3 Å². The van der Waals surface area contributed by atoms with Gasteiger partial charge in [-0.05, 0) is 90.1 Å². The van der Waals surface area contributed by atoms with E-state index in [9.17, 15) is 29.3 Å². The monoisotopic (exact) mass is 678 g/mol. The number of alkyl carbamates (subject to hydrolysis) is 1. The number of nitro groups is 1. The van der Waals surface area contributed by atoms with E-state index in [0.29, 0.717) is 12.0 Å². The normalized spacial score (nSPS) is 23.6. The van der Waals surface area contributed by atoms with Gasteiger partial charge >= 0.3 is 18.3 Å². The van der Waals surface area contributed by atoms with E-state index in [2.05, 4.69) is 26.1 Å². The van der Waals surface area contributed by atoms with Gasteiger partial charge in [0.2, 0.25) is 0 Å². The van der Waals surface area contributed by atoms with Gasteiger partial charge in [0.05, 0.1) is 10.8 Å². The quantitative estimate of drug-likeness (QED) is 0.166. The van der Waals surface area contributed by atoms with Crippen LogP contribution in [0.4, 0.5) is 20.1 Å². The van der Waals surface area contributed by atoms with E-state index in [0.717, 1.165) is 4.90 Å². The molecular formula is C32H50N4O10Si. The number of likely N-dealkylation sites (tertiary alicyclic amines) is 2. The van der Waals surface area contributed by atoms with E-state index in [1.807, 2.05) is 13.1 Å². The second-order valence-electron chi connectivity index (χ2n) is 15.5. The number of non-ortho nitro benzene ring substituents is 1. The Morgan fingerprint density at radius 2 is 1.51 bits per heavy atom. The number of nitrogens with zero attached hydrogens (tertiary/aromatic N) is 3. The Kier molecular flexibility index (Phi) is 11.1. The van der Waals surface area contributed by atoms with E-state index < -0.39 is 67.0 Å². The molecule has 0 radical (unpaired) electrons. The van der Waals surface area contributed by atoms with E-state index in [1.54, 1.807) is 41.5 Å². The van der Waals surface area contributed by atoms with Gasteiger partial charge in [-0.1, -0.05) is 20.8 Å². The lowest BCUT2D eigenvalue weighted by Crippen LogP contribution is -2.62. The number of ether oxygens (including phenoxy) is 3. The van der Waals surface area contributed by atoms with Crippen molar-refractivity contribution in [2.24, 2.45) is 17.3 Å². The molecular weight excluding hydrogens is 628 g/mol. The van der Waals surface area contributed by atoms with Crippen LogP contribution in [-0.2, 0) is 30.0 Å². The topological polar surface area (TPSA) is 167 Å². The van der Waals surface area contributed by atoms with Crippen molar-refractivity contribution >= 4 is 38.9 Å². The van der Waals surface area contributed by atoms with Crippen molar-refractivity contribution in [2.75, 3.05) is 13.1 Å². The lowest BCUT2D eigenvalue weighted by Gasteiger charge is -2.45. The van der Waals surface area contributed by atoms with Crippen molar-refractivity contribution in [1.29, 1.82) is 0 Å². The Balaban J connectivity index is 2.05. The molecule has 2 fully saturated rings. The van der Waals surface area contributed by atoms with Crippen LogP contribution in [-0.4, -0.2) is 84.0 Å². The molecule has 2 saturated heterocycles. The SMILES string of the molecule is C[SiH](C)O[C@]1(C2CN(C(=O)OC(C)(C)C)C(=O)C2NC(=O)OCc2ccc([N+](=O)[O-])cc2)C[C@H](C(C)(C)C)CN1C(=O)OC(C)(C)C. The number of rotatable bonds is 7. The summed E-state index contributed by atoms with van der Waals surface area (Å²) in [5.41, 5.74) is -3.05. The molecule has 14 nitrogen and oxygen atoms in total. The molecule has 1 N–H and O–H groups in total. The Morgan fingerprint density at radius 3 is 2.00 bits per heavy atom. The number of amides is 4. The third kappa shape index (κ3) is 9.43. The fraction of sp³-hybridized carbons (Fsp3) is 0.688. The molecule has 1 aromatic rings. The zero-order valence-electron chi connectivity index (χ0n) is 29.4. The van der Waals surface area contributed by atoms with Crippen LogP contribution < -0.4 is 5.32 Å². The van der Waals surface area contributed by atoms with Crippen LogP contribution in [0.5, 0.6) is 0 Å². The lowest BCUT2D eigenvalue weighted by molar-refractivity contribution is -0.384. The molecule has 0 saturated carbocycles. The summed E-state index contributed by atoms with van der Waals surface area (Å²) >= 11 is 0. The number of benzene rings is 1. The summed E-state index contributed by atoms with van der Waals surface area (Å²) in [6, 6.07) is 4.17. The number of nitrogens with one attached hydrogen (secondary N) is 1. The van der Waals surface area contributed by atoms with Gasteiger partial charge in [-0.25, -0.2) is 19.3 Å². The third-order valence-corrected chi connectivity index (χ3v) is 8.85. The molecule has 0 spiro atoms. The van der Waals surface area contributed by atoms with Crippen molar-refractivity contribution in [1.82, 2.24) is 15.1 Å². The molecule has 4 amide bonds. The Hall–Kier alpha value is -3.72. The van der Waals surface area contributed by atoms with Gasteiger partial charge in [-0.3, -0.25) is 19.8 Å². The minimum atomic E-state index is -1.98. The first-order valence-corrected chi connectivity index (χ1v) is 18.6. The van der Waals surface area contributed by atoms with Crippen LogP contribution in [0.3, 0.4) is 0 Å². The van der Waals surface area contributed by atoms with Crippen LogP contribution in [0.25, 0.3) is 0 Å². The van der Waals surface area contributed by atoms with E-state index in [1.165, 1.54) is 29.2 Å². The maximum absolute atomic E-state index is 14.0. The number of hydrogen-bond acceptors (Lipinski definition) is 10.